The van der Waals surface area contributed by atoms with E-state index in [1.165, 1.54) is 22.1 Å². The van der Waals surface area contributed by atoms with Crippen LogP contribution in [0.15, 0.2) is 28.0 Å². The van der Waals surface area contributed by atoms with Crippen LogP contribution in [0.4, 0.5) is 5.00 Å². The Labute approximate surface area is 171 Å². The molecule has 0 spiro atoms. The van der Waals surface area contributed by atoms with E-state index in [0.29, 0.717) is 16.3 Å². The van der Waals surface area contributed by atoms with Crippen LogP contribution in [-0.2, 0) is 0 Å². The SMILES string of the molecule is Cc1cc(C)cc(-n2c(O)c(/C=N/c3sc(C)c(C)c3C#N)c(=O)[nH]c2=S)c1. The van der Waals surface area contributed by atoms with Crippen molar-refractivity contribution in [3.8, 4) is 17.6 Å². The molecule has 0 fully saturated rings. The van der Waals surface area contributed by atoms with Crippen LogP contribution in [0.25, 0.3) is 5.69 Å². The van der Waals surface area contributed by atoms with E-state index in [1.54, 1.807) is 0 Å². The van der Waals surface area contributed by atoms with Gasteiger partial charge in [-0.05, 0) is 68.7 Å². The van der Waals surface area contributed by atoms with Gasteiger partial charge in [-0.25, -0.2) is 4.99 Å². The summed E-state index contributed by atoms with van der Waals surface area (Å²) in [5.74, 6) is -0.300. The molecule has 0 saturated heterocycles. The minimum atomic E-state index is -0.546. The summed E-state index contributed by atoms with van der Waals surface area (Å²) in [6.07, 6.45) is 1.27. The lowest BCUT2D eigenvalue weighted by atomic mass is 10.1. The van der Waals surface area contributed by atoms with Crippen molar-refractivity contribution in [2.45, 2.75) is 27.7 Å². The number of aliphatic imine (C=N–C) groups is 1. The molecule has 0 saturated carbocycles. The molecule has 0 unspecified atom stereocenters. The second-order valence-corrected chi connectivity index (χ2v) is 8.10. The zero-order valence-electron chi connectivity index (χ0n) is 15.8. The number of H-pyrrole nitrogens is 1. The fraction of sp³-hybridized carbons (Fsp3) is 0.200. The molecule has 28 heavy (non-hydrogen) atoms. The standard InChI is InChI=1S/C20H18N4O2S2/c1-10-5-11(2)7-14(6-10)24-19(26)16(17(25)23-20(24)27)9-22-18-15(8-21)12(3)13(4)28-18/h5-7,9,26H,1-4H3,(H,23,25,27)/b22-9+. The lowest BCUT2D eigenvalue weighted by Crippen LogP contribution is -2.18. The molecule has 1 aromatic carbocycles. The molecule has 0 aliphatic rings. The summed E-state index contributed by atoms with van der Waals surface area (Å²) in [4.78, 5) is 20.2. The van der Waals surface area contributed by atoms with Crippen molar-refractivity contribution in [2.75, 3.05) is 0 Å². The summed E-state index contributed by atoms with van der Waals surface area (Å²) in [6, 6.07) is 7.86. The highest BCUT2D eigenvalue weighted by Crippen LogP contribution is 2.34. The largest absolute Gasteiger partial charge is 0.494 e. The van der Waals surface area contributed by atoms with Gasteiger partial charge in [0, 0.05) is 11.1 Å². The van der Waals surface area contributed by atoms with E-state index in [9.17, 15) is 15.2 Å². The molecule has 0 aliphatic heterocycles. The first kappa shape index (κ1) is 19.7. The van der Waals surface area contributed by atoms with Crippen molar-refractivity contribution in [3.63, 3.8) is 0 Å². The fourth-order valence-electron chi connectivity index (χ4n) is 2.93. The Kier molecular flexibility index (Phi) is 5.31. The van der Waals surface area contributed by atoms with Gasteiger partial charge in [0.25, 0.3) is 5.56 Å². The predicted molar refractivity (Wildman–Crippen MR) is 114 cm³/mol. The van der Waals surface area contributed by atoms with Crippen molar-refractivity contribution in [2.24, 2.45) is 4.99 Å². The highest BCUT2D eigenvalue weighted by molar-refractivity contribution is 7.71. The number of hydrogen-bond acceptors (Lipinski definition) is 6. The van der Waals surface area contributed by atoms with E-state index in [2.05, 4.69) is 16.0 Å². The first-order valence-corrected chi connectivity index (χ1v) is 9.66. The van der Waals surface area contributed by atoms with Gasteiger partial charge in [0.1, 0.15) is 16.6 Å². The van der Waals surface area contributed by atoms with Gasteiger partial charge in [-0.2, -0.15) is 5.26 Å². The second kappa shape index (κ2) is 7.54. The van der Waals surface area contributed by atoms with Crippen LogP contribution in [-0.4, -0.2) is 20.9 Å². The topological polar surface area (TPSA) is 94.2 Å². The van der Waals surface area contributed by atoms with Gasteiger partial charge in [-0.3, -0.25) is 14.3 Å². The summed E-state index contributed by atoms with van der Waals surface area (Å²) in [7, 11) is 0. The molecule has 8 heteroatoms. The summed E-state index contributed by atoms with van der Waals surface area (Å²) >= 11 is 6.62. The van der Waals surface area contributed by atoms with Crippen LogP contribution in [0.2, 0.25) is 0 Å². The predicted octanol–water partition coefficient (Wildman–Crippen LogP) is 4.52. The number of benzene rings is 1. The maximum Gasteiger partial charge on any atom is 0.264 e. The quantitative estimate of drug-likeness (QED) is 0.490. The van der Waals surface area contributed by atoms with Gasteiger partial charge in [-0.1, -0.05) is 6.07 Å². The maximum absolute atomic E-state index is 12.4. The Morgan fingerprint density at radius 3 is 2.50 bits per heavy atom. The third kappa shape index (κ3) is 3.54. The molecule has 0 bridgehead atoms. The van der Waals surface area contributed by atoms with Crippen molar-refractivity contribution in [1.29, 1.82) is 5.26 Å². The van der Waals surface area contributed by atoms with Crippen LogP contribution in [0, 0.1) is 43.8 Å². The van der Waals surface area contributed by atoms with E-state index < -0.39 is 5.56 Å². The molecule has 3 rings (SSSR count). The molecule has 0 radical (unpaired) electrons. The minimum Gasteiger partial charge on any atom is -0.494 e. The third-order valence-corrected chi connectivity index (χ3v) is 5.77. The molecule has 142 valence electrons. The normalized spacial score (nSPS) is 11.1. The van der Waals surface area contributed by atoms with Crippen LogP contribution in [0.3, 0.4) is 0 Å². The van der Waals surface area contributed by atoms with E-state index in [4.69, 9.17) is 12.2 Å². The second-order valence-electron chi connectivity index (χ2n) is 6.51. The van der Waals surface area contributed by atoms with E-state index in [0.717, 1.165) is 21.6 Å². The molecule has 0 aliphatic carbocycles. The Morgan fingerprint density at radius 1 is 1.25 bits per heavy atom. The number of nitrogens with one attached hydrogen (secondary N) is 1. The van der Waals surface area contributed by atoms with Crippen molar-refractivity contribution < 1.29 is 5.11 Å². The fourth-order valence-corrected chi connectivity index (χ4v) is 4.16. The van der Waals surface area contributed by atoms with Gasteiger partial charge in [0.15, 0.2) is 4.77 Å². The number of nitriles is 1. The average Bonchev–Trinajstić information content (AvgIpc) is 2.87. The van der Waals surface area contributed by atoms with E-state index in [1.807, 2.05) is 45.9 Å². The Hall–Kier alpha value is -3.02. The number of rotatable bonds is 3. The Morgan fingerprint density at radius 2 is 1.89 bits per heavy atom. The zero-order valence-corrected chi connectivity index (χ0v) is 17.5. The average molecular weight is 411 g/mol. The van der Waals surface area contributed by atoms with Gasteiger partial charge in [0.05, 0.1) is 11.3 Å². The number of nitrogens with zero attached hydrogens (tertiary/aromatic N) is 3. The zero-order chi connectivity index (χ0) is 20.6. The van der Waals surface area contributed by atoms with Gasteiger partial charge < -0.3 is 5.11 Å². The van der Waals surface area contributed by atoms with Crippen LogP contribution in [0.1, 0.15) is 32.7 Å². The van der Waals surface area contributed by atoms with Gasteiger partial charge in [0.2, 0.25) is 5.88 Å². The lowest BCUT2D eigenvalue weighted by Gasteiger charge is -2.12. The van der Waals surface area contributed by atoms with Crippen molar-refractivity contribution in [1.82, 2.24) is 9.55 Å². The molecule has 0 atom stereocenters. The van der Waals surface area contributed by atoms with Crippen LogP contribution < -0.4 is 5.56 Å². The number of aromatic hydroxyl groups is 1. The minimum absolute atomic E-state index is 0.0274. The summed E-state index contributed by atoms with van der Waals surface area (Å²) in [5, 5.41) is 20.6. The summed E-state index contributed by atoms with van der Waals surface area (Å²) in [6.45, 7) is 7.64. The molecule has 2 N–H and O–H groups in total. The number of aryl methyl sites for hydroxylation is 3. The van der Waals surface area contributed by atoms with Crippen molar-refractivity contribution >= 4 is 34.8 Å². The van der Waals surface area contributed by atoms with Crippen molar-refractivity contribution in [3.05, 3.63) is 66.0 Å². The molecule has 2 heterocycles. The molecular weight excluding hydrogens is 392 g/mol. The summed E-state index contributed by atoms with van der Waals surface area (Å²) < 4.78 is 1.49. The van der Waals surface area contributed by atoms with Crippen LogP contribution >= 0.6 is 23.6 Å². The van der Waals surface area contributed by atoms with E-state index in [-0.39, 0.29) is 16.2 Å². The summed E-state index contributed by atoms with van der Waals surface area (Å²) in [5.41, 5.74) is 3.41. The Bertz CT molecular complexity index is 1250. The lowest BCUT2D eigenvalue weighted by molar-refractivity contribution is 0.432. The molecule has 0 amide bonds. The van der Waals surface area contributed by atoms with E-state index >= 15 is 0 Å². The van der Waals surface area contributed by atoms with Crippen LogP contribution in [0.5, 0.6) is 5.88 Å². The Balaban J connectivity index is 2.19. The molecule has 2 aromatic heterocycles. The molecule has 3 aromatic rings. The number of hydrogen-bond donors (Lipinski definition) is 2. The third-order valence-electron chi connectivity index (χ3n) is 4.37. The smallest absolute Gasteiger partial charge is 0.264 e. The highest BCUT2D eigenvalue weighted by Gasteiger charge is 2.15. The number of aromatic amines is 1. The first-order valence-electron chi connectivity index (χ1n) is 8.44. The number of aromatic nitrogens is 2. The molecule has 6 nitrogen and oxygen atoms in total. The van der Waals surface area contributed by atoms with Gasteiger partial charge >= 0.3 is 0 Å². The molecular formula is C20H18N4O2S2. The maximum atomic E-state index is 12.4. The number of thiophene rings is 1. The van der Waals surface area contributed by atoms with Gasteiger partial charge in [-0.15, -0.1) is 11.3 Å². The highest BCUT2D eigenvalue weighted by atomic mass is 32.1. The first-order chi connectivity index (χ1) is 13.2. The monoisotopic (exact) mass is 410 g/mol.